The van der Waals surface area contributed by atoms with Gasteiger partial charge in [0.15, 0.2) is 0 Å². The van der Waals surface area contributed by atoms with Gasteiger partial charge in [0.2, 0.25) is 0 Å². The van der Waals surface area contributed by atoms with E-state index in [0.717, 1.165) is 6.42 Å². The summed E-state index contributed by atoms with van der Waals surface area (Å²) in [6, 6.07) is 15.0. The molecular weight excluding hydrogens is 244 g/mol. The van der Waals surface area contributed by atoms with Gasteiger partial charge in [-0.1, -0.05) is 56.3 Å². The Morgan fingerprint density at radius 3 is 2.45 bits per heavy atom. The predicted octanol–water partition coefficient (Wildman–Crippen LogP) is 4.53. The quantitative estimate of drug-likeness (QED) is 0.778. The second kappa shape index (κ2) is 5.24. The second-order valence-corrected chi connectivity index (χ2v) is 5.90. The normalized spacial score (nSPS) is 14.4. The fourth-order valence-corrected chi connectivity index (χ4v) is 3.14. The first kappa shape index (κ1) is 13.1. The molecule has 0 bridgehead atoms. The van der Waals surface area contributed by atoms with Crippen LogP contribution < -0.4 is 0 Å². The van der Waals surface area contributed by atoms with Crippen LogP contribution in [0.1, 0.15) is 42.9 Å². The second-order valence-electron chi connectivity index (χ2n) is 5.90. The topological polar surface area (TPSA) is 17.1 Å². The van der Waals surface area contributed by atoms with E-state index < -0.39 is 0 Å². The average molecular weight is 264 g/mol. The molecular formula is C19H20O. The fourth-order valence-electron chi connectivity index (χ4n) is 3.14. The van der Waals surface area contributed by atoms with Gasteiger partial charge >= 0.3 is 0 Å². The highest BCUT2D eigenvalue weighted by molar-refractivity contribution is 5.87. The molecule has 20 heavy (non-hydrogen) atoms. The van der Waals surface area contributed by atoms with Gasteiger partial charge < -0.3 is 0 Å². The van der Waals surface area contributed by atoms with E-state index in [2.05, 4.69) is 56.3 Å². The number of fused-ring (bicyclic) bond motifs is 1. The first-order valence-corrected chi connectivity index (χ1v) is 7.38. The molecule has 0 heterocycles. The van der Waals surface area contributed by atoms with Crippen molar-refractivity contribution < 1.29 is 4.79 Å². The molecule has 0 atom stereocenters. The molecule has 3 rings (SSSR count). The van der Waals surface area contributed by atoms with Crippen molar-refractivity contribution in [1.29, 1.82) is 0 Å². The molecule has 0 amide bonds. The molecule has 0 radical (unpaired) electrons. The number of ketones is 1. The molecule has 0 aromatic heterocycles. The summed E-state index contributed by atoms with van der Waals surface area (Å²) in [4.78, 5) is 11.8. The zero-order valence-electron chi connectivity index (χ0n) is 12.1. The Labute approximate surface area is 120 Å². The third-order valence-electron chi connectivity index (χ3n) is 4.19. The fraction of sp³-hybridized carbons (Fsp3) is 0.316. The minimum atomic E-state index is 0.368. The maximum Gasteiger partial charge on any atom is 0.137 e. The maximum atomic E-state index is 11.8. The Hall–Kier alpha value is -1.89. The van der Waals surface area contributed by atoms with Crippen molar-refractivity contribution in [2.75, 3.05) is 0 Å². The Bertz CT molecular complexity index is 653. The molecule has 0 spiro atoms. The van der Waals surface area contributed by atoms with Gasteiger partial charge in [-0.3, -0.25) is 4.79 Å². The van der Waals surface area contributed by atoms with E-state index in [1.807, 2.05) is 0 Å². The van der Waals surface area contributed by atoms with Crippen LogP contribution >= 0.6 is 0 Å². The molecule has 0 fully saturated rings. The van der Waals surface area contributed by atoms with Gasteiger partial charge in [-0.2, -0.15) is 0 Å². The number of carbonyl (C=O) groups is 1. The SMILES string of the molecule is CC(C)c1ccccc1-c1cccc2c1CC(=O)CC2. The van der Waals surface area contributed by atoms with Crippen molar-refractivity contribution in [2.24, 2.45) is 0 Å². The summed E-state index contributed by atoms with van der Waals surface area (Å²) in [7, 11) is 0. The van der Waals surface area contributed by atoms with Gasteiger partial charge in [-0.25, -0.2) is 0 Å². The minimum absolute atomic E-state index is 0.368. The van der Waals surface area contributed by atoms with Crippen LogP contribution in [0.4, 0.5) is 0 Å². The van der Waals surface area contributed by atoms with E-state index in [1.54, 1.807) is 0 Å². The summed E-state index contributed by atoms with van der Waals surface area (Å²) in [6.07, 6.45) is 2.19. The van der Waals surface area contributed by atoms with Gasteiger partial charge in [0.25, 0.3) is 0 Å². The number of rotatable bonds is 2. The molecule has 2 aromatic rings. The van der Waals surface area contributed by atoms with Crippen molar-refractivity contribution in [3.8, 4) is 11.1 Å². The summed E-state index contributed by atoms with van der Waals surface area (Å²) >= 11 is 0. The van der Waals surface area contributed by atoms with Crippen molar-refractivity contribution in [3.63, 3.8) is 0 Å². The molecule has 1 aliphatic carbocycles. The molecule has 0 saturated carbocycles. The summed E-state index contributed by atoms with van der Waals surface area (Å²) in [5.74, 6) is 0.855. The Kier molecular flexibility index (Phi) is 3.43. The molecule has 0 N–H and O–H groups in total. The summed E-state index contributed by atoms with van der Waals surface area (Å²) < 4.78 is 0. The van der Waals surface area contributed by atoms with Gasteiger partial charge in [-0.05, 0) is 40.2 Å². The lowest BCUT2D eigenvalue weighted by molar-refractivity contribution is -0.118. The third-order valence-corrected chi connectivity index (χ3v) is 4.19. The summed E-state index contributed by atoms with van der Waals surface area (Å²) in [5.41, 5.74) is 6.49. The maximum absolute atomic E-state index is 11.8. The molecule has 102 valence electrons. The predicted molar refractivity (Wildman–Crippen MR) is 83.0 cm³/mol. The van der Waals surface area contributed by atoms with Crippen LogP contribution in [0, 0.1) is 0 Å². The van der Waals surface area contributed by atoms with Crippen LogP contribution in [0.15, 0.2) is 42.5 Å². The first-order valence-electron chi connectivity index (χ1n) is 7.38. The monoisotopic (exact) mass is 264 g/mol. The third kappa shape index (κ3) is 2.29. The molecule has 1 nitrogen and oxygen atoms in total. The number of benzene rings is 2. The van der Waals surface area contributed by atoms with Gasteiger partial charge in [0.05, 0.1) is 0 Å². The van der Waals surface area contributed by atoms with Crippen LogP contribution in [0.3, 0.4) is 0 Å². The lowest BCUT2D eigenvalue weighted by Gasteiger charge is -2.21. The van der Waals surface area contributed by atoms with Crippen LogP contribution in [0.5, 0.6) is 0 Å². The number of aryl methyl sites for hydroxylation is 1. The average Bonchev–Trinajstić information content (AvgIpc) is 2.46. The number of hydrogen-bond acceptors (Lipinski definition) is 1. The van der Waals surface area contributed by atoms with Gasteiger partial charge in [0, 0.05) is 12.8 Å². The molecule has 1 aliphatic rings. The Morgan fingerprint density at radius 1 is 0.900 bits per heavy atom. The van der Waals surface area contributed by atoms with E-state index in [1.165, 1.54) is 27.8 Å². The summed E-state index contributed by atoms with van der Waals surface area (Å²) in [6.45, 7) is 4.44. The highest BCUT2D eigenvalue weighted by Crippen LogP contribution is 2.35. The van der Waals surface area contributed by atoms with E-state index in [-0.39, 0.29) is 0 Å². The van der Waals surface area contributed by atoms with Crippen LogP contribution in [-0.4, -0.2) is 5.78 Å². The van der Waals surface area contributed by atoms with E-state index in [0.29, 0.717) is 24.5 Å². The molecule has 0 saturated heterocycles. The zero-order chi connectivity index (χ0) is 14.1. The van der Waals surface area contributed by atoms with Gasteiger partial charge in [0.1, 0.15) is 5.78 Å². The van der Waals surface area contributed by atoms with Crippen molar-refractivity contribution >= 4 is 5.78 Å². The zero-order valence-corrected chi connectivity index (χ0v) is 12.1. The van der Waals surface area contributed by atoms with Gasteiger partial charge in [-0.15, -0.1) is 0 Å². The lowest BCUT2D eigenvalue weighted by atomic mass is 9.83. The van der Waals surface area contributed by atoms with Crippen molar-refractivity contribution in [3.05, 3.63) is 59.2 Å². The smallest absolute Gasteiger partial charge is 0.137 e. The first-order chi connectivity index (χ1) is 9.66. The molecule has 0 aliphatic heterocycles. The van der Waals surface area contributed by atoms with Crippen molar-refractivity contribution in [2.45, 2.75) is 39.0 Å². The van der Waals surface area contributed by atoms with Crippen LogP contribution in [-0.2, 0) is 17.6 Å². The Morgan fingerprint density at radius 2 is 1.65 bits per heavy atom. The molecule has 1 heteroatoms. The summed E-state index contributed by atoms with van der Waals surface area (Å²) in [5, 5.41) is 0. The van der Waals surface area contributed by atoms with E-state index >= 15 is 0 Å². The Balaban J connectivity index is 2.19. The van der Waals surface area contributed by atoms with Crippen LogP contribution in [0.25, 0.3) is 11.1 Å². The minimum Gasteiger partial charge on any atom is -0.299 e. The highest BCUT2D eigenvalue weighted by atomic mass is 16.1. The number of hydrogen-bond donors (Lipinski definition) is 0. The standard InChI is InChI=1S/C19H20O/c1-13(2)16-7-3-4-8-17(16)18-9-5-6-14-10-11-15(20)12-19(14)18/h3-9,13H,10-12H2,1-2H3. The highest BCUT2D eigenvalue weighted by Gasteiger charge is 2.20. The number of Topliss-reactive ketones (excluding diaryl/α,β-unsaturated/α-hetero) is 1. The molecule has 0 unspecified atom stereocenters. The van der Waals surface area contributed by atoms with E-state index in [4.69, 9.17) is 0 Å². The lowest BCUT2D eigenvalue weighted by Crippen LogP contribution is -2.14. The number of carbonyl (C=O) groups excluding carboxylic acids is 1. The van der Waals surface area contributed by atoms with Crippen molar-refractivity contribution in [1.82, 2.24) is 0 Å². The molecule has 2 aromatic carbocycles. The largest absolute Gasteiger partial charge is 0.299 e. The van der Waals surface area contributed by atoms with Crippen LogP contribution in [0.2, 0.25) is 0 Å². The van der Waals surface area contributed by atoms with E-state index in [9.17, 15) is 4.79 Å².